The molecule has 0 aliphatic rings. The van der Waals surface area contributed by atoms with Crippen molar-refractivity contribution in [1.29, 1.82) is 0 Å². The fraction of sp³-hybridized carbons (Fsp3) is 0.0698. The second-order valence-corrected chi connectivity index (χ2v) is 14.0. The van der Waals surface area contributed by atoms with Crippen LogP contribution < -0.4 is 0 Å². The molecule has 0 saturated carbocycles. The summed E-state index contributed by atoms with van der Waals surface area (Å²) in [6, 6.07) is 49.9. The van der Waals surface area contributed by atoms with Crippen molar-refractivity contribution in [3.05, 3.63) is 146 Å². The third-order valence-electron chi connectivity index (χ3n) is 8.90. The summed E-state index contributed by atoms with van der Waals surface area (Å²) in [5.74, 6) is 2.48. The smallest absolute Gasteiger partial charge is 0.124 e. The summed E-state index contributed by atoms with van der Waals surface area (Å²) in [7, 11) is 0. The largest absolute Gasteiger partial charge is 0.507 e. The molecule has 8 aromatic carbocycles. The fourth-order valence-corrected chi connectivity index (χ4v) is 8.97. The van der Waals surface area contributed by atoms with Crippen LogP contribution in [-0.4, -0.2) is 21.7 Å². The van der Waals surface area contributed by atoms with Crippen molar-refractivity contribution >= 4 is 66.6 Å². The van der Waals surface area contributed by atoms with Crippen LogP contribution in [0.3, 0.4) is 0 Å². The van der Waals surface area contributed by atoms with E-state index < -0.39 is 0 Å². The van der Waals surface area contributed by atoms with E-state index in [0.717, 1.165) is 83.3 Å². The summed E-state index contributed by atoms with van der Waals surface area (Å²) >= 11 is 3.70. The van der Waals surface area contributed by atoms with Gasteiger partial charge in [-0.3, -0.25) is 0 Å². The molecule has 0 aromatic heterocycles. The van der Waals surface area contributed by atoms with E-state index in [1.807, 2.05) is 72.1 Å². The number of aromatic hydroxyl groups is 2. The monoisotopic (exact) mass is 644 g/mol. The molecule has 2 N–H and O–H groups in total. The van der Waals surface area contributed by atoms with Crippen molar-refractivity contribution in [3.8, 4) is 33.8 Å². The summed E-state index contributed by atoms with van der Waals surface area (Å²) < 4.78 is 0. The number of hydrogen-bond donors (Lipinski definition) is 2. The van der Waals surface area contributed by atoms with Gasteiger partial charge in [0.15, 0.2) is 0 Å². The topological polar surface area (TPSA) is 40.5 Å². The highest BCUT2D eigenvalue weighted by Crippen LogP contribution is 2.47. The van der Waals surface area contributed by atoms with Gasteiger partial charge >= 0.3 is 0 Å². The Morgan fingerprint density at radius 1 is 0.340 bits per heavy atom. The standard InChI is InChI=1S/C43H32O2S2/c44-36-22-18-28-10-1-5-14-32(28)40(36)42-34-16-7-3-12-30(34)20-24-38(42)46-26-9-27-47-39-25-21-31-13-4-8-17-35(31)43(39)41-33-15-6-2-11-29(33)19-23-37(41)45/h1-8,10-25,44-45H,9,26-27H2. The van der Waals surface area contributed by atoms with Crippen LogP contribution >= 0.6 is 23.5 Å². The predicted octanol–water partition coefficient (Wildman–Crippen LogP) is 12.3. The van der Waals surface area contributed by atoms with Gasteiger partial charge in [-0.1, -0.05) is 121 Å². The molecule has 47 heavy (non-hydrogen) atoms. The Morgan fingerprint density at radius 3 is 1.04 bits per heavy atom. The van der Waals surface area contributed by atoms with Crippen LogP contribution in [0, 0.1) is 0 Å². The number of fused-ring (bicyclic) bond motifs is 4. The lowest BCUT2D eigenvalue weighted by molar-refractivity contribution is 0.477. The van der Waals surface area contributed by atoms with Gasteiger partial charge in [0.05, 0.1) is 0 Å². The molecule has 0 saturated heterocycles. The Labute approximate surface area is 282 Å². The highest BCUT2D eigenvalue weighted by Gasteiger charge is 2.19. The average molecular weight is 645 g/mol. The molecule has 8 aromatic rings. The number of phenolic OH excluding ortho intramolecular Hbond substituents is 2. The van der Waals surface area contributed by atoms with Crippen LogP contribution in [0.2, 0.25) is 0 Å². The van der Waals surface area contributed by atoms with E-state index in [2.05, 4.69) is 97.1 Å². The second kappa shape index (κ2) is 12.7. The molecule has 0 aliphatic heterocycles. The van der Waals surface area contributed by atoms with Gasteiger partial charge in [0.25, 0.3) is 0 Å². The highest BCUT2D eigenvalue weighted by molar-refractivity contribution is 8.00. The molecule has 4 heteroatoms. The van der Waals surface area contributed by atoms with Crippen LogP contribution in [0.5, 0.6) is 11.5 Å². The minimum Gasteiger partial charge on any atom is -0.507 e. The van der Waals surface area contributed by atoms with Crippen molar-refractivity contribution < 1.29 is 10.2 Å². The van der Waals surface area contributed by atoms with Gasteiger partial charge in [-0.2, -0.15) is 0 Å². The maximum atomic E-state index is 11.2. The third kappa shape index (κ3) is 5.48. The number of rotatable bonds is 8. The van der Waals surface area contributed by atoms with E-state index in [1.54, 1.807) is 0 Å². The molecule has 0 heterocycles. The van der Waals surface area contributed by atoms with Gasteiger partial charge in [0, 0.05) is 32.0 Å². The van der Waals surface area contributed by atoms with Gasteiger partial charge in [-0.25, -0.2) is 0 Å². The van der Waals surface area contributed by atoms with E-state index in [4.69, 9.17) is 0 Å². The summed E-state index contributed by atoms with van der Waals surface area (Å²) in [5, 5.41) is 31.4. The Bertz CT molecular complexity index is 2260. The average Bonchev–Trinajstić information content (AvgIpc) is 3.12. The molecule has 0 fully saturated rings. The van der Waals surface area contributed by atoms with Crippen molar-refractivity contribution in [2.75, 3.05) is 11.5 Å². The molecule has 0 aliphatic carbocycles. The Morgan fingerprint density at radius 2 is 0.660 bits per heavy atom. The molecule has 0 unspecified atom stereocenters. The van der Waals surface area contributed by atoms with E-state index in [1.165, 1.54) is 9.79 Å². The number of hydrogen-bond acceptors (Lipinski definition) is 4. The third-order valence-corrected chi connectivity index (χ3v) is 11.2. The van der Waals surface area contributed by atoms with Crippen LogP contribution in [0.25, 0.3) is 65.3 Å². The van der Waals surface area contributed by atoms with Gasteiger partial charge in [-0.05, 0) is 85.3 Å². The lowest BCUT2D eigenvalue weighted by Crippen LogP contribution is -1.92. The fourth-order valence-electron chi connectivity index (χ4n) is 6.73. The first kappa shape index (κ1) is 29.5. The molecular weight excluding hydrogens is 613 g/mol. The minimum absolute atomic E-state index is 0.304. The van der Waals surface area contributed by atoms with Crippen LogP contribution in [0.15, 0.2) is 155 Å². The summed E-state index contributed by atoms with van der Waals surface area (Å²) in [5.41, 5.74) is 3.98. The van der Waals surface area contributed by atoms with Crippen LogP contribution in [0.4, 0.5) is 0 Å². The molecule has 228 valence electrons. The summed E-state index contributed by atoms with van der Waals surface area (Å²) in [6.07, 6.45) is 0.997. The molecule has 0 bridgehead atoms. The first-order valence-electron chi connectivity index (χ1n) is 15.9. The first-order chi connectivity index (χ1) is 23.2. The van der Waals surface area contributed by atoms with Crippen molar-refractivity contribution in [2.24, 2.45) is 0 Å². The van der Waals surface area contributed by atoms with Crippen LogP contribution in [-0.2, 0) is 0 Å². The van der Waals surface area contributed by atoms with Gasteiger partial charge in [0.2, 0.25) is 0 Å². The van der Waals surface area contributed by atoms with E-state index in [-0.39, 0.29) is 0 Å². The maximum absolute atomic E-state index is 11.2. The van der Waals surface area contributed by atoms with E-state index in [9.17, 15) is 10.2 Å². The number of benzene rings is 8. The zero-order chi connectivity index (χ0) is 31.7. The molecular formula is C43H32O2S2. The summed E-state index contributed by atoms with van der Waals surface area (Å²) in [4.78, 5) is 2.35. The quantitative estimate of drug-likeness (QED) is 0.128. The molecule has 0 amide bonds. The molecule has 0 radical (unpaired) electrons. The van der Waals surface area contributed by atoms with Crippen LogP contribution in [0.1, 0.15) is 6.42 Å². The second-order valence-electron chi connectivity index (χ2n) is 11.7. The lowest BCUT2D eigenvalue weighted by Gasteiger charge is -2.17. The van der Waals surface area contributed by atoms with E-state index in [0.29, 0.717) is 11.5 Å². The van der Waals surface area contributed by atoms with Crippen molar-refractivity contribution in [1.82, 2.24) is 0 Å². The SMILES string of the molecule is Oc1ccc2ccccc2c1-c1c(SCCCSc2ccc3ccccc3c2-c2c(O)ccc3ccccc23)ccc2ccccc12. The zero-order valence-electron chi connectivity index (χ0n) is 25.7. The number of thioether (sulfide) groups is 2. The van der Waals surface area contributed by atoms with Crippen molar-refractivity contribution in [3.63, 3.8) is 0 Å². The first-order valence-corrected chi connectivity index (χ1v) is 17.9. The maximum Gasteiger partial charge on any atom is 0.124 e. The Kier molecular flexibility index (Phi) is 7.98. The molecule has 0 spiro atoms. The normalized spacial score (nSPS) is 11.6. The van der Waals surface area contributed by atoms with Gasteiger partial charge in [-0.15, -0.1) is 23.5 Å². The molecule has 2 nitrogen and oxygen atoms in total. The highest BCUT2D eigenvalue weighted by atomic mass is 32.2. The van der Waals surface area contributed by atoms with Crippen molar-refractivity contribution in [2.45, 2.75) is 16.2 Å². The molecule has 0 atom stereocenters. The lowest BCUT2D eigenvalue weighted by atomic mass is 9.93. The minimum atomic E-state index is 0.304. The molecule has 8 rings (SSSR count). The van der Waals surface area contributed by atoms with Gasteiger partial charge < -0.3 is 10.2 Å². The van der Waals surface area contributed by atoms with Gasteiger partial charge in [0.1, 0.15) is 11.5 Å². The summed E-state index contributed by atoms with van der Waals surface area (Å²) in [6.45, 7) is 0. The number of phenols is 2. The Hall–Kier alpha value is -4.90. The van der Waals surface area contributed by atoms with E-state index >= 15 is 0 Å². The Balaban J connectivity index is 1.10. The predicted molar refractivity (Wildman–Crippen MR) is 203 cm³/mol. The zero-order valence-corrected chi connectivity index (χ0v) is 27.3.